The molecule has 0 atom stereocenters. The predicted molar refractivity (Wildman–Crippen MR) is 70.1 cm³/mol. The summed E-state index contributed by atoms with van der Waals surface area (Å²) >= 11 is 1.95. The fourth-order valence-corrected chi connectivity index (χ4v) is 5.09. The van der Waals surface area contributed by atoms with E-state index in [1.165, 1.54) is 38.5 Å². The van der Waals surface area contributed by atoms with Crippen LogP contribution in [0.3, 0.4) is 0 Å². The molecule has 2 heteroatoms. The highest BCUT2D eigenvalue weighted by Gasteiger charge is 2.55. The van der Waals surface area contributed by atoms with Gasteiger partial charge in [0.15, 0.2) is 0 Å². The van der Waals surface area contributed by atoms with Crippen molar-refractivity contribution < 1.29 is 0 Å². The lowest BCUT2D eigenvalue weighted by molar-refractivity contribution is 0.0306. The minimum absolute atomic E-state index is 0.479. The van der Waals surface area contributed by atoms with Crippen molar-refractivity contribution in [2.45, 2.75) is 43.9 Å². The first-order valence-corrected chi connectivity index (χ1v) is 7.35. The second kappa shape index (κ2) is 3.85. The molecule has 1 aromatic rings. The molecule has 2 aliphatic carbocycles. The first-order valence-electron chi connectivity index (χ1n) is 6.47. The maximum Gasteiger partial charge on any atom is 0.0182 e. The third-order valence-electron chi connectivity index (χ3n) is 4.65. The van der Waals surface area contributed by atoms with Gasteiger partial charge in [0.05, 0.1) is 0 Å². The molecule has 0 radical (unpaired) electrons. The van der Waals surface area contributed by atoms with Gasteiger partial charge < -0.3 is 5.32 Å². The van der Waals surface area contributed by atoms with Crippen molar-refractivity contribution >= 4 is 11.3 Å². The molecule has 3 rings (SSSR count). The Hall–Kier alpha value is -0.340. The molecule has 1 aromatic heterocycles. The summed E-state index contributed by atoms with van der Waals surface area (Å²) in [5.41, 5.74) is 1.22. The zero-order valence-corrected chi connectivity index (χ0v) is 10.9. The Morgan fingerprint density at radius 1 is 1.31 bits per heavy atom. The van der Waals surface area contributed by atoms with Crippen LogP contribution in [0.25, 0.3) is 0 Å². The molecule has 2 saturated carbocycles. The van der Waals surface area contributed by atoms with E-state index < -0.39 is 0 Å². The monoisotopic (exact) mass is 235 g/mol. The normalized spacial score (nSPS) is 25.8. The third kappa shape index (κ3) is 1.54. The lowest BCUT2D eigenvalue weighted by Crippen LogP contribution is -2.52. The van der Waals surface area contributed by atoms with Gasteiger partial charge in [0.2, 0.25) is 0 Å². The molecular weight excluding hydrogens is 214 g/mol. The number of likely N-dealkylation sites (N-methyl/N-ethyl adjacent to an activating group) is 1. The van der Waals surface area contributed by atoms with Gasteiger partial charge in [-0.1, -0.05) is 18.9 Å². The van der Waals surface area contributed by atoms with Gasteiger partial charge in [-0.25, -0.2) is 0 Å². The van der Waals surface area contributed by atoms with Crippen molar-refractivity contribution in [2.24, 2.45) is 5.41 Å². The zero-order valence-electron chi connectivity index (χ0n) is 10.1. The van der Waals surface area contributed by atoms with E-state index in [0.29, 0.717) is 5.41 Å². The van der Waals surface area contributed by atoms with Crippen molar-refractivity contribution in [3.05, 3.63) is 22.4 Å². The van der Waals surface area contributed by atoms with Gasteiger partial charge in [-0.05, 0) is 49.6 Å². The number of hydrogen-bond acceptors (Lipinski definition) is 2. The third-order valence-corrected chi connectivity index (χ3v) is 5.77. The van der Waals surface area contributed by atoms with Crippen molar-refractivity contribution in [2.75, 3.05) is 13.6 Å². The molecule has 16 heavy (non-hydrogen) atoms. The Morgan fingerprint density at radius 2 is 2.06 bits per heavy atom. The Kier molecular flexibility index (Phi) is 2.60. The van der Waals surface area contributed by atoms with E-state index in [0.717, 1.165) is 12.0 Å². The van der Waals surface area contributed by atoms with Crippen LogP contribution in [-0.2, 0) is 5.41 Å². The molecule has 0 saturated heterocycles. The molecule has 0 unspecified atom stereocenters. The van der Waals surface area contributed by atoms with Crippen LogP contribution >= 0.6 is 11.3 Å². The lowest BCUT2D eigenvalue weighted by Gasteiger charge is -2.55. The lowest BCUT2D eigenvalue weighted by atomic mass is 9.51. The Labute approximate surface area is 102 Å². The van der Waals surface area contributed by atoms with Gasteiger partial charge in [0.1, 0.15) is 0 Å². The predicted octanol–water partition coefficient (Wildman–Crippen LogP) is 3.56. The summed E-state index contributed by atoms with van der Waals surface area (Å²) in [4.78, 5) is 1.61. The van der Waals surface area contributed by atoms with Gasteiger partial charge in [-0.3, -0.25) is 0 Å². The number of nitrogens with one attached hydrogen (secondary N) is 1. The smallest absolute Gasteiger partial charge is 0.0182 e. The van der Waals surface area contributed by atoms with Crippen LogP contribution in [-0.4, -0.2) is 13.6 Å². The van der Waals surface area contributed by atoms with Crippen LogP contribution in [0.4, 0.5) is 0 Å². The van der Waals surface area contributed by atoms with Gasteiger partial charge in [-0.15, -0.1) is 11.3 Å². The molecule has 0 aliphatic heterocycles. The molecule has 0 bridgehead atoms. The summed E-state index contributed by atoms with van der Waals surface area (Å²) in [6.07, 6.45) is 8.79. The Bertz CT molecular complexity index is 341. The van der Waals surface area contributed by atoms with E-state index in [4.69, 9.17) is 0 Å². The van der Waals surface area contributed by atoms with Gasteiger partial charge in [-0.2, -0.15) is 0 Å². The minimum Gasteiger partial charge on any atom is -0.319 e. The topological polar surface area (TPSA) is 12.0 Å². The molecule has 1 heterocycles. The van der Waals surface area contributed by atoms with Gasteiger partial charge in [0.25, 0.3) is 0 Å². The highest BCUT2D eigenvalue weighted by Crippen LogP contribution is 2.63. The molecule has 1 spiro atoms. The van der Waals surface area contributed by atoms with Crippen molar-refractivity contribution in [3.63, 3.8) is 0 Å². The average molecular weight is 235 g/mol. The SMILES string of the molecule is CNCC1(c2cccs2)CC2(CCCC2)C1. The Morgan fingerprint density at radius 3 is 2.62 bits per heavy atom. The summed E-state index contributed by atoms with van der Waals surface area (Å²) < 4.78 is 0. The minimum atomic E-state index is 0.479. The largest absolute Gasteiger partial charge is 0.319 e. The van der Waals surface area contributed by atoms with Crippen LogP contribution in [0.2, 0.25) is 0 Å². The van der Waals surface area contributed by atoms with Crippen LogP contribution in [0.15, 0.2) is 17.5 Å². The molecule has 2 fully saturated rings. The maximum absolute atomic E-state index is 3.41. The van der Waals surface area contributed by atoms with Crippen LogP contribution < -0.4 is 5.32 Å². The van der Waals surface area contributed by atoms with E-state index in [1.807, 2.05) is 11.3 Å². The molecule has 1 N–H and O–H groups in total. The molecule has 2 aliphatic rings. The number of thiophene rings is 1. The molecule has 1 nitrogen and oxygen atoms in total. The summed E-state index contributed by atoms with van der Waals surface area (Å²) in [6.45, 7) is 1.16. The molecular formula is C14H21NS. The van der Waals surface area contributed by atoms with Crippen LogP contribution in [0.1, 0.15) is 43.4 Å². The molecule has 0 aromatic carbocycles. The second-order valence-electron chi connectivity index (χ2n) is 5.85. The van der Waals surface area contributed by atoms with Crippen LogP contribution in [0, 0.1) is 5.41 Å². The quantitative estimate of drug-likeness (QED) is 0.844. The van der Waals surface area contributed by atoms with E-state index >= 15 is 0 Å². The van der Waals surface area contributed by atoms with Crippen LogP contribution in [0.5, 0.6) is 0 Å². The van der Waals surface area contributed by atoms with E-state index in [2.05, 4.69) is 29.9 Å². The summed E-state index contributed by atoms with van der Waals surface area (Å²) in [5.74, 6) is 0. The summed E-state index contributed by atoms with van der Waals surface area (Å²) in [6, 6.07) is 4.54. The van der Waals surface area contributed by atoms with Crippen molar-refractivity contribution in [1.82, 2.24) is 5.32 Å². The summed E-state index contributed by atoms with van der Waals surface area (Å²) in [5, 5.41) is 5.64. The average Bonchev–Trinajstić information content (AvgIpc) is 2.86. The number of hydrogen-bond donors (Lipinski definition) is 1. The highest BCUT2D eigenvalue weighted by atomic mass is 32.1. The zero-order chi connectivity index (χ0) is 11.1. The van der Waals surface area contributed by atoms with E-state index in [9.17, 15) is 0 Å². The fraction of sp³-hybridized carbons (Fsp3) is 0.714. The first-order chi connectivity index (χ1) is 7.79. The highest BCUT2D eigenvalue weighted by molar-refractivity contribution is 7.10. The number of rotatable bonds is 3. The van der Waals surface area contributed by atoms with Crippen molar-refractivity contribution in [1.29, 1.82) is 0 Å². The maximum atomic E-state index is 3.41. The van der Waals surface area contributed by atoms with Crippen molar-refractivity contribution in [3.8, 4) is 0 Å². The standard InChI is InChI=1S/C14H21NS/c1-15-11-14(12-5-4-8-16-12)9-13(10-14)6-2-3-7-13/h4-5,8,15H,2-3,6-7,9-11H2,1H3. The second-order valence-corrected chi connectivity index (χ2v) is 6.80. The van der Waals surface area contributed by atoms with Gasteiger partial charge in [0, 0.05) is 16.8 Å². The van der Waals surface area contributed by atoms with E-state index in [1.54, 1.807) is 4.88 Å². The molecule has 88 valence electrons. The van der Waals surface area contributed by atoms with Gasteiger partial charge >= 0.3 is 0 Å². The summed E-state index contributed by atoms with van der Waals surface area (Å²) in [7, 11) is 2.09. The fourth-order valence-electron chi connectivity index (χ4n) is 4.17. The first kappa shape index (κ1) is 10.8. The van der Waals surface area contributed by atoms with E-state index in [-0.39, 0.29) is 0 Å². The Balaban J connectivity index is 1.80. The molecule has 0 amide bonds.